The molecule has 0 atom stereocenters. The van der Waals surface area contributed by atoms with Crippen LogP contribution < -0.4 is 15.6 Å². The second kappa shape index (κ2) is 13.0. The number of nitrogens with one attached hydrogen (secondary N) is 2. The summed E-state index contributed by atoms with van der Waals surface area (Å²) in [6.07, 6.45) is 4.63. The molecule has 196 valence electrons. The number of aryl methyl sites for hydroxylation is 1. The third-order valence-electron chi connectivity index (χ3n) is 6.47. The van der Waals surface area contributed by atoms with Gasteiger partial charge in [0.05, 0.1) is 6.21 Å². The molecule has 1 saturated heterocycles. The van der Waals surface area contributed by atoms with Gasteiger partial charge in [-0.1, -0.05) is 66.2 Å². The van der Waals surface area contributed by atoms with Crippen LogP contribution >= 0.6 is 12.4 Å². The summed E-state index contributed by atoms with van der Waals surface area (Å²) in [6, 6.07) is 25.1. The summed E-state index contributed by atoms with van der Waals surface area (Å²) < 4.78 is 13.9. The average molecular weight is 532 g/mol. The molecule has 2 heterocycles. The summed E-state index contributed by atoms with van der Waals surface area (Å²) in [5, 5.41) is 7.43. The highest BCUT2D eigenvalue weighted by Gasteiger charge is 2.22. The number of aromatic nitrogens is 3. The van der Waals surface area contributed by atoms with E-state index >= 15 is 0 Å². The Bertz CT molecular complexity index is 1340. The van der Waals surface area contributed by atoms with Gasteiger partial charge in [-0.05, 0) is 55.9 Å². The minimum Gasteiger partial charge on any atom is -0.341 e. The Morgan fingerprint density at radius 2 is 1.58 bits per heavy atom. The largest absolute Gasteiger partial charge is 0.341 e. The summed E-state index contributed by atoms with van der Waals surface area (Å²) in [4.78, 5) is 16.0. The van der Waals surface area contributed by atoms with Gasteiger partial charge in [0, 0.05) is 24.3 Å². The number of benzene rings is 3. The number of rotatable bonds is 8. The summed E-state index contributed by atoms with van der Waals surface area (Å²) in [5.74, 6) is 1.59. The van der Waals surface area contributed by atoms with Gasteiger partial charge in [0.1, 0.15) is 5.82 Å². The van der Waals surface area contributed by atoms with E-state index in [1.54, 1.807) is 18.2 Å². The molecule has 1 aliphatic rings. The predicted octanol–water partition coefficient (Wildman–Crippen LogP) is 6.39. The van der Waals surface area contributed by atoms with E-state index < -0.39 is 0 Å². The van der Waals surface area contributed by atoms with Crippen molar-refractivity contribution in [2.24, 2.45) is 11.0 Å². The molecule has 38 heavy (non-hydrogen) atoms. The van der Waals surface area contributed by atoms with Crippen LogP contribution in [0.25, 0.3) is 0 Å². The first-order valence-electron chi connectivity index (χ1n) is 12.5. The van der Waals surface area contributed by atoms with Crippen molar-refractivity contribution in [3.8, 4) is 0 Å². The molecule has 0 bridgehead atoms. The van der Waals surface area contributed by atoms with Crippen LogP contribution in [0.1, 0.15) is 29.5 Å². The summed E-state index contributed by atoms with van der Waals surface area (Å²) in [5.41, 5.74) is 6.66. The monoisotopic (exact) mass is 531 g/mol. The van der Waals surface area contributed by atoms with E-state index in [1.165, 1.54) is 23.4 Å². The van der Waals surface area contributed by atoms with Crippen LogP contribution in [0.4, 0.5) is 27.9 Å². The van der Waals surface area contributed by atoms with Crippen LogP contribution in [-0.4, -0.2) is 34.3 Å². The van der Waals surface area contributed by atoms with Crippen LogP contribution in [-0.2, 0) is 6.42 Å². The van der Waals surface area contributed by atoms with E-state index in [-0.39, 0.29) is 18.2 Å². The van der Waals surface area contributed by atoms with Gasteiger partial charge >= 0.3 is 0 Å². The van der Waals surface area contributed by atoms with E-state index in [9.17, 15) is 4.39 Å². The number of hydrogen-bond donors (Lipinski definition) is 2. The third-order valence-corrected chi connectivity index (χ3v) is 6.47. The van der Waals surface area contributed by atoms with Gasteiger partial charge in [-0.25, -0.2) is 9.82 Å². The van der Waals surface area contributed by atoms with Crippen molar-refractivity contribution in [1.82, 2.24) is 15.0 Å². The van der Waals surface area contributed by atoms with Crippen LogP contribution in [0.15, 0.2) is 84.0 Å². The lowest BCUT2D eigenvalue weighted by atomic mass is 9.90. The lowest BCUT2D eigenvalue weighted by Crippen LogP contribution is -2.35. The molecule has 1 fully saturated rings. The maximum Gasteiger partial charge on any atom is 0.250 e. The number of anilines is 4. The minimum absolute atomic E-state index is 0. The number of hydrazone groups is 1. The van der Waals surface area contributed by atoms with Crippen LogP contribution in [0.3, 0.4) is 0 Å². The van der Waals surface area contributed by atoms with E-state index in [1.807, 2.05) is 31.2 Å². The van der Waals surface area contributed by atoms with E-state index in [4.69, 9.17) is 4.98 Å². The van der Waals surface area contributed by atoms with Gasteiger partial charge in [0.25, 0.3) is 0 Å². The predicted molar refractivity (Wildman–Crippen MR) is 154 cm³/mol. The van der Waals surface area contributed by atoms with E-state index in [0.29, 0.717) is 29.3 Å². The van der Waals surface area contributed by atoms with Gasteiger partial charge in [0.2, 0.25) is 17.8 Å². The van der Waals surface area contributed by atoms with E-state index in [0.717, 1.165) is 38.0 Å². The van der Waals surface area contributed by atoms with Gasteiger partial charge in [-0.3, -0.25) is 0 Å². The summed E-state index contributed by atoms with van der Waals surface area (Å²) in [7, 11) is 0. The van der Waals surface area contributed by atoms with Crippen LogP contribution in [0.2, 0.25) is 0 Å². The quantitative estimate of drug-likeness (QED) is 0.203. The number of halogens is 2. The molecule has 0 unspecified atom stereocenters. The highest BCUT2D eigenvalue weighted by Crippen LogP contribution is 2.26. The average Bonchev–Trinajstić information content (AvgIpc) is 2.92. The standard InChI is InChI=1S/C29H30FN7.ClH/c1-21-11-13-25(14-12-21)32-27-33-28(36-31-20-24-9-5-6-10-26(24)30)35-29(34-27)37-17-15-23(16-18-37)19-22-7-3-2-4-8-22;/h2-14,20,23H,15-19H2,1H3,(H2,32,33,34,35,36);1H. The molecule has 0 spiro atoms. The zero-order chi connectivity index (χ0) is 25.5. The Morgan fingerprint density at radius 3 is 2.32 bits per heavy atom. The molecule has 0 amide bonds. The fraction of sp³-hybridized carbons (Fsp3) is 0.241. The molecule has 2 N–H and O–H groups in total. The second-order valence-corrected chi connectivity index (χ2v) is 9.29. The molecule has 0 saturated carbocycles. The Morgan fingerprint density at radius 1 is 0.895 bits per heavy atom. The first-order valence-corrected chi connectivity index (χ1v) is 12.5. The summed E-state index contributed by atoms with van der Waals surface area (Å²) in [6.45, 7) is 3.77. The van der Waals surface area contributed by atoms with Crippen molar-refractivity contribution >= 4 is 42.2 Å². The molecule has 5 rings (SSSR count). The van der Waals surface area contributed by atoms with Crippen molar-refractivity contribution in [3.05, 3.63) is 101 Å². The van der Waals surface area contributed by atoms with Crippen molar-refractivity contribution in [2.75, 3.05) is 28.7 Å². The fourth-order valence-electron chi connectivity index (χ4n) is 4.40. The summed E-state index contributed by atoms with van der Waals surface area (Å²) >= 11 is 0. The first-order chi connectivity index (χ1) is 18.1. The van der Waals surface area contributed by atoms with Gasteiger partial charge in [0.15, 0.2) is 0 Å². The Hall–Kier alpha value is -4.04. The second-order valence-electron chi connectivity index (χ2n) is 9.29. The highest BCUT2D eigenvalue weighted by molar-refractivity contribution is 5.85. The Balaban J connectivity index is 0.00000336. The zero-order valence-electron chi connectivity index (χ0n) is 21.2. The van der Waals surface area contributed by atoms with Gasteiger partial charge in [-0.2, -0.15) is 20.1 Å². The SMILES string of the molecule is Cc1ccc(Nc2nc(NN=Cc3ccccc3F)nc(N3CCC(Cc4ccccc4)CC3)n2)cc1.Cl. The maximum atomic E-state index is 13.9. The molecular weight excluding hydrogens is 501 g/mol. The van der Waals surface area contributed by atoms with Crippen molar-refractivity contribution in [3.63, 3.8) is 0 Å². The number of piperidine rings is 1. The lowest BCUT2D eigenvalue weighted by molar-refractivity contribution is 0.400. The van der Waals surface area contributed by atoms with Gasteiger partial charge < -0.3 is 10.2 Å². The Kier molecular flexibility index (Phi) is 9.21. The molecular formula is C29H31ClFN7. The molecule has 4 aromatic rings. The molecule has 1 aromatic heterocycles. The van der Waals surface area contributed by atoms with E-state index in [2.05, 4.69) is 61.0 Å². The first kappa shape index (κ1) is 27.0. The van der Waals surface area contributed by atoms with Gasteiger partial charge in [-0.15, -0.1) is 12.4 Å². The molecule has 3 aromatic carbocycles. The molecule has 9 heteroatoms. The smallest absolute Gasteiger partial charge is 0.250 e. The number of hydrogen-bond acceptors (Lipinski definition) is 7. The van der Waals surface area contributed by atoms with Crippen molar-refractivity contribution < 1.29 is 4.39 Å². The fourth-order valence-corrected chi connectivity index (χ4v) is 4.40. The topological polar surface area (TPSA) is 78.3 Å². The maximum absolute atomic E-state index is 13.9. The normalized spacial score (nSPS) is 13.8. The Labute approximate surface area is 228 Å². The zero-order valence-corrected chi connectivity index (χ0v) is 22.0. The molecule has 1 aliphatic heterocycles. The lowest BCUT2D eigenvalue weighted by Gasteiger charge is -2.32. The molecule has 0 radical (unpaired) electrons. The third kappa shape index (κ3) is 7.26. The van der Waals surface area contributed by atoms with Crippen molar-refractivity contribution in [2.45, 2.75) is 26.2 Å². The number of nitrogens with zero attached hydrogens (tertiary/aromatic N) is 5. The highest BCUT2D eigenvalue weighted by atomic mass is 35.5. The van der Waals surface area contributed by atoms with Crippen LogP contribution in [0.5, 0.6) is 0 Å². The van der Waals surface area contributed by atoms with Crippen molar-refractivity contribution in [1.29, 1.82) is 0 Å². The molecule has 0 aliphatic carbocycles. The minimum atomic E-state index is -0.343. The molecule has 7 nitrogen and oxygen atoms in total. The van der Waals surface area contributed by atoms with Crippen LogP contribution in [0, 0.1) is 18.7 Å².